The molecular weight excluding hydrogens is 351 g/mol. The van der Waals surface area contributed by atoms with Crippen LogP contribution >= 0.6 is 34.5 Å². The van der Waals surface area contributed by atoms with Gasteiger partial charge in [0.05, 0.1) is 15.3 Å². The fraction of sp³-hybridized carbons (Fsp3) is 0.231. The third-order valence-electron chi connectivity index (χ3n) is 2.90. The maximum Gasteiger partial charge on any atom is 0.241 e. The van der Waals surface area contributed by atoms with Crippen LogP contribution in [0.25, 0.3) is 0 Å². The molecule has 114 valence electrons. The number of nitrogens with two attached hydrogens (primary N) is 1. The van der Waals surface area contributed by atoms with Gasteiger partial charge in [0.25, 0.3) is 0 Å². The minimum atomic E-state index is -3.65. The molecule has 0 saturated carbocycles. The zero-order chi connectivity index (χ0) is 15.6. The summed E-state index contributed by atoms with van der Waals surface area (Å²) in [4.78, 5) is 0.985. The summed E-state index contributed by atoms with van der Waals surface area (Å²) in [5.41, 5.74) is 6.13. The fourth-order valence-electron chi connectivity index (χ4n) is 1.79. The van der Waals surface area contributed by atoms with Crippen molar-refractivity contribution in [1.82, 2.24) is 4.72 Å². The van der Waals surface area contributed by atoms with Crippen LogP contribution < -0.4 is 10.5 Å². The van der Waals surface area contributed by atoms with E-state index < -0.39 is 10.0 Å². The molecule has 1 atom stereocenters. The van der Waals surface area contributed by atoms with E-state index in [2.05, 4.69) is 4.72 Å². The number of hydrogen-bond donors (Lipinski definition) is 2. The minimum absolute atomic E-state index is 0.141. The van der Waals surface area contributed by atoms with Crippen molar-refractivity contribution in [2.45, 2.75) is 24.4 Å². The van der Waals surface area contributed by atoms with Crippen LogP contribution in [0.5, 0.6) is 0 Å². The molecule has 0 amide bonds. The van der Waals surface area contributed by atoms with Crippen LogP contribution in [0.4, 0.5) is 0 Å². The maximum absolute atomic E-state index is 12.4. The third kappa shape index (κ3) is 3.97. The average molecular weight is 365 g/mol. The second kappa shape index (κ2) is 6.64. The zero-order valence-electron chi connectivity index (χ0n) is 11.1. The molecule has 0 radical (unpaired) electrons. The molecule has 1 unspecified atom stereocenters. The highest BCUT2D eigenvalue weighted by molar-refractivity contribution is 7.89. The molecule has 1 aromatic heterocycles. The summed E-state index contributed by atoms with van der Waals surface area (Å²) >= 11 is 13.1. The van der Waals surface area contributed by atoms with Crippen molar-refractivity contribution < 1.29 is 8.42 Å². The first-order valence-corrected chi connectivity index (χ1v) is 9.15. The number of rotatable bonds is 5. The number of thiophene rings is 1. The summed E-state index contributed by atoms with van der Waals surface area (Å²) in [5, 5.41) is 0.453. The van der Waals surface area contributed by atoms with Crippen LogP contribution in [-0.2, 0) is 16.6 Å². The van der Waals surface area contributed by atoms with Gasteiger partial charge in [-0.1, -0.05) is 23.2 Å². The lowest BCUT2D eigenvalue weighted by molar-refractivity contribution is 0.568. The zero-order valence-corrected chi connectivity index (χ0v) is 14.3. The van der Waals surface area contributed by atoms with E-state index >= 15 is 0 Å². The van der Waals surface area contributed by atoms with Crippen molar-refractivity contribution in [3.63, 3.8) is 0 Å². The van der Waals surface area contributed by atoms with Crippen LogP contribution in [0.15, 0.2) is 35.2 Å². The number of hydrogen-bond acceptors (Lipinski definition) is 4. The average Bonchev–Trinajstić information content (AvgIpc) is 2.85. The SMILES string of the molecule is CC(NS(=O)(=O)c1ccc(Cl)c(CN)c1)c1ccc(Cl)s1. The van der Waals surface area contributed by atoms with Gasteiger partial charge in [-0.3, -0.25) is 0 Å². The Kier molecular flexibility index (Phi) is 5.29. The summed E-state index contributed by atoms with van der Waals surface area (Å²) in [6.45, 7) is 1.94. The van der Waals surface area contributed by atoms with Crippen molar-refractivity contribution in [2.24, 2.45) is 5.73 Å². The van der Waals surface area contributed by atoms with Crippen molar-refractivity contribution in [3.8, 4) is 0 Å². The van der Waals surface area contributed by atoms with Gasteiger partial charge in [-0.15, -0.1) is 11.3 Å². The number of nitrogens with one attached hydrogen (secondary N) is 1. The van der Waals surface area contributed by atoms with Crippen LogP contribution in [-0.4, -0.2) is 8.42 Å². The van der Waals surface area contributed by atoms with E-state index in [9.17, 15) is 8.42 Å². The maximum atomic E-state index is 12.4. The minimum Gasteiger partial charge on any atom is -0.326 e. The lowest BCUT2D eigenvalue weighted by Gasteiger charge is -2.13. The number of sulfonamides is 1. The van der Waals surface area contributed by atoms with E-state index in [1.165, 1.54) is 29.5 Å². The Morgan fingerprint density at radius 1 is 1.29 bits per heavy atom. The summed E-state index contributed by atoms with van der Waals surface area (Å²) in [6.07, 6.45) is 0. The van der Waals surface area contributed by atoms with E-state index in [4.69, 9.17) is 28.9 Å². The monoisotopic (exact) mass is 364 g/mol. The van der Waals surface area contributed by atoms with Crippen molar-refractivity contribution in [3.05, 3.63) is 50.1 Å². The Labute approximate surface area is 137 Å². The first-order chi connectivity index (χ1) is 9.83. The van der Waals surface area contributed by atoms with E-state index in [1.807, 2.05) is 0 Å². The summed E-state index contributed by atoms with van der Waals surface area (Å²) in [7, 11) is -3.65. The molecule has 2 aromatic rings. The molecule has 0 bridgehead atoms. The molecule has 0 aliphatic rings. The Balaban J connectivity index is 2.26. The van der Waals surface area contributed by atoms with Crippen LogP contribution in [0, 0.1) is 0 Å². The molecule has 0 aliphatic heterocycles. The molecule has 4 nitrogen and oxygen atoms in total. The molecule has 8 heteroatoms. The van der Waals surface area contributed by atoms with Gasteiger partial charge in [-0.25, -0.2) is 13.1 Å². The first-order valence-electron chi connectivity index (χ1n) is 6.09. The van der Waals surface area contributed by atoms with Gasteiger partial charge in [-0.2, -0.15) is 0 Å². The van der Waals surface area contributed by atoms with Crippen LogP contribution in [0.3, 0.4) is 0 Å². The second-order valence-electron chi connectivity index (χ2n) is 4.44. The molecular formula is C13H14Cl2N2O2S2. The second-order valence-corrected chi connectivity index (χ2v) is 8.31. The van der Waals surface area contributed by atoms with Gasteiger partial charge in [0.15, 0.2) is 0 Å². The molecule has 1 aromatic carbocycles. The molecule has 0 saturated heterocycles. The van der Waals surface area contributed by atoms with Crippen molar-refractivity contribution in [1.29, 1.82) is 0 Å². The van der Waals surface area contributed by atoms with Gasteiger partial charge < -0.3 is 5.73 Å². The Hall–Kier alpha value is -0.630. The highest BCUT2D eigenvalue weighted by Crippen LogP contribution is 2.28. The number of benzene rings is 1. The standard InChI is InChI=1S/C13H14Cl2N2O2S2/c1-8(12-4-5-13(15)20-12)17-21(18,19)10-2-3-11(14)9(6-10)7-16/h2-6,8,17H,7,16H2,1H3. The van der Waals surface area contributed by atoms with Crippen molar-refractivity contribution >= 4 is 44.6 Å². The lowest BCUT2D eigenvalue weighted by atomic mass is 10.2. The molecule has 0 spiro atoms. The van der Waals surface area contributed by atoms with Crippen LogP contribution in [0.1, 0.15) is 23.4 Å². The van der Waals surface area contributed by atoms with Gasteiger partial charge >= 0.3 is 0 Å². The normalized spacial score (nSPS) is 13.3. The molecule has 0 fully saturated rings. The van der Waals surface area contributed by atoms with Crippen molar-refractivity contribution in [2.75, 3.05) is 0 Å². The Morgan fingerprint density at radius 2 is 2.00 bits per heavy atom. The van der Waals surface area contributed by atoms with E-state index in [0.717, 1.165) is 4.88 Å². The highest BCUT2D eigenvalue weighted by Gasteiger charge is 2.20. The summed E-state index contributed by atoms with van der Waals surface area (Å²) < 4.78 is 28.0. The summed E-state index contributed by atoms with van der Waals surface area (Å²) in [6, 6.07) is 7.64. The van der Waals surface area contributed by atoms with E-state index in [-0.39, 0.29) is 17.5 Å². The molecule has 0 aliphatic carbocycles. The quantitative estimate of drug-likeness (QED) is 0.851. The molecule has 1 heterocycles. The Morgan fingerprint density at radius 3 is 2.57 bits per heavy atom. The molecule has 2 rings (SSSR count). The predicted octanol–water partition coefficient (Wildman–Crippen LogP) is 3.55. The topological polar surface area (TPSA) is 72.2 Å². The van der Waals surface area contributed by atoms with E-state index in [1.54, 1.807) is 19.1 Å². The number of halogens is 2. The largest absolute Gasteiger partial charge is 0.326 e. The van der Waals surface area contributed by atoms with Gasteiger partial charge in [-0.05, 0) is 42.8 Å². The molecule has 3 N–H and O–H groups in total. The Bertz CT molecular complexity index is 744. The van der Waals surface area contributed by atoms with Crippen LogP contribution in [0.2, 0.25) is 9.36 Å². The third-order valence-corrected chi connectivity index (χ3v) is 6.22. The summed E-state index contributed by atoms with van der Waals surface area (Å²) in [5.74, 6) is 0. The fourth-order valence-corrected chi connectivity index (χ4v) is 4.40. The van der Waals surface area contributed by atoms with Gasteiger partial charge in [0, 0.05) is 16.4 Å². The van der Waals surface area contributed by atoms with Gasteiger partial charge in [0.1, 0.15) is 0 Å². The highest BCUT2D eigenvalue weighted by atomic mass is 35.5. The van der Waals surface area contributed by atoms with Gasteiger partial charge in [0.2, 0.25) is 10.0 Å². The predicted molar refractivity (Wildman–Crippen MR) is 87.4 cm³/mol. The molecule has 21 heavy (non-hydrogen) atoms. The first kappa shape index (κ1) is 16.7. The smallest absolute Gasteiger partial charge is 0.241 e. The lowest BCUT2D eigenvalue weighted by Crippen LogP contribution is -2.26. The van der Waals surface area contributed by atoms with E-state index in [0.29, 0.717) is 14.9 Å².